The molecule has 0 saturated carbocycles. The number of methoxy groups -OCH3 is 2. The monoisotopic (exact) mass is 921 g/mol. The maximum Gasteiger partial charge on any atom is 0.334 e. The van der Waals surface area contributed by atoms with Crippen LogP contribution in [0.15, 0.2) is 127 Å². The lowest BCUT2D eigenvalue weighted by atomic mass is 9.79. The molecule has 0 heterocycles. The third kappa shape index (κ3) is 21.2. The highest BCUT2D eigenvalue weighted by Crippen LogP contribution is 2.36. The summed E-state index contributed by atoms with van der Waals surface area (Å²) in [6, 6.07) is 0. The topological polar surface area (TPSA) is 105 Å². The van der Waals surface area contributed by atoms with Gasteiger partial charge in [-0.15, -0.1) is 0 Å². The second kappa shape index (κ2) is 30.4. The molecule has 8 heteroatoms. The fourth-order valence-corrected chi connectivity index (χ4v) is 8.81. The predicted octanol–water partition coefficient (Wildman–Crippen LogP) is 14.8. The van der Waals surface area contributed by atoms with Crippen LogP contribution in [-0.4, -0.2) is 51.3 Å². The Labute approximate surface area is 404 Å². The van der Waals surface area contributed by atoms with Crippen molar-refractivity contribution in [3.05, 3.63) is 127 Å². The highest BCUT2D eigenvalue weighted by Gasteiger charge is 2.32. The van der Waals surface area contributed by atoms with Crippen LogP contribution in [-0.2, 0) is 38.1 Å². The molecule has 8 nitrogen and oxygen atoms in total. The van der Waals surface area contributed by atoms with Crippen molar-refractivity contribution in [2.45, 2.75) is 178 Å². The Hall–Kier alpha value is -4.98. The quantitative estimate of drug-likeness (QED) is 0.0480. The van der Waals surface area contributed by atoms with Gasteiger partial charge in [-0.2, -0.15) is 0 Å². The lowest BCUT2D eigenvalue weighted by Gasteiger charge is -2.31. The van der Waals surface area contributed by atoms with Gasteiger partial charge in [0.25, 0.3) is 0 Å². The molecule has 0 fully saturated rings. The molecule has 0 radical (unpaired) electrons. The van der Waals surface area contributed by atoms with Gasteiger partial charge in [-0.1, -0.05) is 105 Å². The molecule has 0 saturated heterocycles. The van der Waals surface area contributed by atoms with E-state index < -0.39 is 23.9 Å². The fourth-order valence-electron chi connectivity index (χ4n) is 8.81. The van der Waals surface area contributed by atoms with E-state index in [-0.39, 0.29) is 25.0 Å². The van der Waals surface area contributed by atoms with Crippen LogP contribution in [0.25, 0.3) is 0 Å². The molecule has 67 heavy (non-hydrogen) atoms. The van der Waals surface area contributed by atoms with Gasteiger partial charge in [0.1, 0.15) is 0 Å². The fraction of sp³-hybridized carbons (Fsp3) is 0.559. The summed E-state index contributed by atoms with van der Waals surface area (Å²) in [4.78, 5) is 53.9. The second-order valence-electron chi connectivity index (χ2n) is 19.6. The molecule has 0 N–H and O–H groups in total. The molecule has 2 unspecified atom stereocenters. The van der Waals surface area contributed by atoms with Crippen molar-refractivity contribution in [2.24, 2.45) is 11.8 Å². The van der Waals surface area contributed by atoms with Crippen molar-refractivity contribution in [3.63, 3.8) is 0 Å². The summed E-state index contributed by atoms with van der Waals surface area (Å²) in [7, 11) is 2.68. The Morgan fingerprint density at radius 1 is 0.463 bits per heavy atom. The molecule has 3 rings (SSSR count). The first-order valence-corrected chi connectivity index (χ1v) is 24.9. The Kier molecular flexibility index (Phi) is 25.6. The molecule has 0 aromatic carbocycles. The van der Waals surface area contributed by atoms with Gasteiger partial charge in [-0.25, -0.2) is 19.2 Å². The summed E-state index contributed by atoms with van der Waals surface area (Å²) in [5, 5.41) is 0. The number of hydrogen-bond donors (Lipinski definition) is 0. The largest absolute Gasteiger partial charge is 0.466 e. The summed E-state index contributed by atoms with van der Waals surface area (Å²) in [5.74, 6) is -2.29. The van der Waals surface area contributed by atoms with Crippen LogP contribution in [0.2, 0.25) is 0 Å². The van der Waals surface area contributed by atoms with Gasteiger partial charge in [0.15, 0.2) is 0 Å². The zero-order valence-electron chi connectivity index (χ0n) is 43.3. The first-order chi connectivity index (χ1) is 32.0. The average Bonchev–Trinajstić information content (AvgIpc) is 3.29. The van der Waals surface area contributed by atoms with E-state index in [1.165, 1.54) is 53.2 Å². The van der Waals surface area contributed by atoms with Crippen LogP contribution in [0.3, 0.4) is 0 Å². The number of rotatable bonds is 26. The summed E-state index contributed by atoms with van der Waals surface area (Å²) < 4.78 is 22.5. The van der Waals surface area contributed by atoms with Crippen LogP contribution in [0.4, 0.5) is 0 Å². The molecule has 0 aromatic heterocycles. The van der Waals surface area contributed by atoms with Gasteiger partial charge in [-0.3, -0.25) is 0 Å². The SMILES string of the molecule is COC(=O)C1=C(C(=O)OCC2CC=C(CCC=C(C)CCC=C(C)C)CC2COC(=O)C2=C(C(=O)OC)CC=C(CCC=C(C)CCC=C(C)C)C2)CC=C(CCC=C(C)CCC=C(C)C)C1. The molecule has 0 bridgehead atoms. The minimum absolute atomic E-state index is 0.115. The Morgan fingerprint density at radius 3 is 1.27 bits per heavy atom. The van der Waals surface area contributed by atoms with Crippen LogP contribution in [0.1, 0.15) is 178 Å². The van der Waals surface area contributed by atoms with Crippen LogP contribution < -0.4 is 0 Å². The third-order valence-electron chi connectivity index (χ3n) is 13.0. The van der Waals surface area contributed by atoms with E-state index >= 15 is 0 Å². The summed E-state index contributed by atoms with van der Waals surface area (Å²) in [6.07, 6.45) is 33.9. The van der Waals surface area contributed by atoms with Gasteiger partial charge >= 0.3 is 23.9 Å². The summed E-state index contributed by atoms with van der Waals surface area (Å²) >= 11 is 0. The molecule has 0 aromatic rings. The van der Waals surface area contributed by atoms with E-state index in [2.05, 4.69) is 111 Å². The minimum Gasteiger partial charge on any atom is -0.466 e. The molecular formula is C59H84O8. The van der Waals surface area contributed by atoms with Crippen LogP contribution in [0, 0.1) is 11.8 Å². The van der Waals surface area contributed by atoms with Crippen LogP contribution in [0.5, 0.6) is 0 Å². The van der Waals surface area contributed by atoms with Gasteiger partial charge in [0, 0.05) is 24.7 Å². The number of hydrogen-bond acceptors (Lipinski definition) is 8. The first kappa shape index (κ1) is 56.3. The summed E-state index contributed by atoms with van der Waals surface area (Å²) in [5.41, 5.74) is 12.9. The number of carbonyl (C=O) groups excluding carboxylic acids is 4. The lowest BCUT2D eigenvalue weighted by molar-refractivity contribution is -0.146. The molecule has 0 amide bonds. The van der Waals surface area contributed by atoms with E-state index in [9.17, 15) is 19.2 Å². The highest BCUT2D eigenvalue weighted by molar-refractivity contribution is 6.02. The van der Waals surface area contributed by atoms with Gasteiger partial charge in [-0.05, 0) is 165 Å². The third-order valence-corrected chi connectivity index (χ3v) is 13.0. The normalized spacial score (nSPS) is 18.0. The summed E-state index contributed by atoms with van der Waals surface area (Å²) in [6.45, 7) is 19.4. The Bertz CT molecular complexity index is 2070. The first-order valence-electron chi connectivity index (χ1n) is 24.9. The van der Waals surface area contributed by atoms with Gasteiger partial charge < -0.3 is 18.9 Å². The number of allylic oxidation sites excluding steroid dienone is 18. The van der Waals surface area contributed by atoms with Crippen molar-refractivity contribution in [3.8, 4) is 0 Å². The van der Waals surface area contributed by atoms with Crippen LogP contribution >= 0.6 is 0 Å². The number of carbonyl (C=O) groups is 4. The van der Waals surface area contributed by atoms with Crippen molar-refractivity contribution < 1.29 is 38.1 Å². The maximum atomic E-state index is 14.0. The zero-order valence-corrected chi connectivity index (χ0v) is 43.3. The molecule has 3 aliphatic carbocycles. The smallest absolute Gasteiger partial charge is 0.334 e. The molecule has 2 atom stereocenters. The Morgan fingerprint density at radius 2 is 0.836 bits per heavy atom. The number of esters is 4. The van der Waals surface area contributed by atoms with Crippen molar-refractivity contribution >= 4 is 23.9 Å². The average molecular weight is 921 g/mol. The van der Waals surface area contributed by atoms with Gasteiger partial charge in [0.05, 0.1) is 49.7 Å². The predicted molar refractivity (Wildman–Crippen MR) is 274 cm³/mol. The maximum absolute atomic E-state index is 14.0. The van der Waals surface area contributed by atoms with Crippen molar-refractivity contribution in [1.82, 2.24) is 0 Å². The zero-order chi connectivity index (χ0) is 49.3. The lowest BCUT2D eigenvalue weighted by Crippen LogP contribution is -2.30. The molecule has 368 valence electrons. The molecular weight excluding hydrogens is 837 g/mol. The van der Waals surface area contributed by atoms with Crippen molar-refractivity contribution in [1.29, 1.82) is 0 Å². The van der Waals surface area contributed by atoms with Crippen molar-refractivity contribution in [2.75, 3.05) is 27.4 Å². The molecule has 0 aliphatic heterocycles. The number of ether oxygens (including phenoxy) is 4. The Balaban J connectivity index is 1.75. The standard InChI is InChI=1S/C59H84O8/c1-41(2)18-12-21-44(7)24-15-27-47-30-33-50(39-66-58(62)53-35-32-48(37-54(53)57(61)65-11)28-16-25-45(8)22-13-19-42(3)4)51(36-47)40-67-59(63)55-38-49(31-34-52(55)56(60)64-10)29-17-26-46(9)23-14-20-43(5)6/h18-20,24-26,30-32,50-51H,12-17,21-23,27-29,33-40H2,1-11H3. The minimum atomic E-state index is -0.517. The molecule has 3 aliphatic rings. The van der Waals surface area contributed by atoms with Gasteiger partial charge in [0.2, 0.25) is 0 Å². The van der Waals surface area contributed by atoms with E-state index in [1.807, 2.05) is 6.08 Å². The highest BCUT2D eigenvalue weighted by atomic mass is 16.5. The van der Waals surface area contributed by atoms with E-state index in [0.717, 1.165) is 88.2 Å². The van der Waals surface area contributed by atoms with E-state index in [4.69, 9.17) is 18.9 Å². The molecule has 0 spiro atoms. The van der Waals surface area contributed by atoms with E-state index in [0.29, 0.717) is 60.8 Å². The second-order valence-corrected chi connectivity index (χ2v) is 19.6. The van der Waals surface area contributed by atoms with E-state index in [1.54, 1.807) is 0 Å².